The van der Waals surface area contributed by atoms with Crippen molar-refractivity contribution in [3.8, 4) is 11.5 Å². The molecule has 1 amide bonds. The highest BCUT2D eigenvalue weighted by atomic mass is 19.4. The van der Waals surface area contributed by atoms with E-state index in [1.807, 2.05) is 0 Å². The minimum atomic E-state index is -4.88. The third-order valence-corrected chi connectivity index (χ3v) is 3.35. The van der Waals surface area contributed by atoms with E-state index in [1.165, 1.54) is 30.3 Å². The van der Waals surface area contributed by atoms with Crippen LogP contribution in [0.4, 0.5) is 18.9 Å². The molecular formula is C18H12F3NO5. The second kappa shape index (κ2) is 7.40. The Morgan fingerprint density at radius 3 is 2.59 bits per heavy atom. The lowest BCUT2D eigenvalue weighted by Gasteiger charge is -2.14. The van der Waals surface area contributed by atoms with Gasteiger partial charge < -0.3 is 19.2 Å². The zero-order valence-electron chi connectivity index (χ0n) is 13.6. The van der Waals surface area contributed by atoms with E-state index in [4.69, 9.17) is 9.15 Å². The predicted octanol–water partition coefficient (Wildman–Crippen LogP) is 3.71. The molecule has 9 heteroatoms. The van der Waals surface area contributed by atoms with Crippen LogP contribution in [-0.4, -0.2) is 18.9 Å². The second-order valence-corrected chi connectivity index (χ2v) is 5.33. The molecule has 1 N–H and O–H groups in total. The van der Waals surface area contributed by atoms with Crippen LogP contribution in [0.5, 0.6) is 11.5 Å². The largest absolute Gasteiger partial charge is 0.573 e. The van der Waals surface area contributed by atoms with Crippen molar-refractivity contribution in [2.75, 3.05) is 11.9 Å². The normalized spacial score (nSPS) is 11.2. The third-order valence-electron chi connectivity index (χ3n) is 3.35. The highest BCUT2D eigenvalue weighted by Crippen LogP contribution is 2.29. The number of carbonyl (C=O) groups is 1. The molecule has 0 saturated heterocycles. The Balaban J connectivity index is 1.66. The monoisotopic (exact) mass is 379 g/mol. The van der Waals surface area contributed by atoms with E-state index in [9.17, 15) is 22.8 Å². The summed E-state index contributed by atoms with van der Waals surface area (Å²) in [7, 11) is 0. The van der Waals surface area contributed by atoms with Gasteiger partial charge in [-0.05, 0) is 30.3 Å². The fraction of sp³-hybridized carbons (Fsp3) is 0.111. The second-order valence-electron chi connectivity index (χ2n) is 5.33. The zero-order chi connectivity index (χ0) is 19.4. The molecule has 1 heterocycles. The number of benzene rings is 2. The molecule has 0 aliphatic carbocycles. The lowest BCUT2D eigenvalue weighted by atomic mass is 10.2. The van der Waals surface area contributed by atoms with Gasteiger partial charge in [-0.2, -0.15) is 0 Å². The summed E-state index contributed by atoms with van der Waals surface area (Å²) in [6, 6.07) is 12.6. The van der Waals surface area contributed by atoms with E-state index in [0.717, 1.165) is 6.07 Å². The summed E-state index contributed by atoms with van der Waals surface area (Å²) >= 11 is 0. The molecule has 0 aliphatic heterocycles. The lowest BCUT2D eigenvalue weighted by molar-refractivity contribution is -0.274. The SMILES string of the molecule is O=C(COc1ccc2ccc(=O)oc2c1)Nc1ccccc1OC(F)(F)F. The summed E-state index contributed by atoms with van der Waals surface area (Å²) in [6.45, 7) is -0.469. The molecule has 0 spiro atoms. The van der Waals surface area contributed by atoms with Gasteiger partial charge in [0.2, 0.25) is 0 Å². The van der Waals surface area contributed by atoms with Crippen molar-refractivity contribution in [3.63, 3.8) is 0 Å². The Bertz CT molecular complexity index is 1030. The van der Waals surface area contributed by atoms with Crippen LogP contribution >= 0.6 is 0 Å². The zero-order valence-corrected chi connectivity index (χ0v) is 13.6. The molecule has 3 aromatic rings. The first-order chi connectivity index (χ1) is 12.8. The molecule has 0 radical (unpaired) electrons. The summed E-state index contributed by atoms with van der Waals surface area (Å²) in [5.41, 5.74) is -0.393. The number of para-hydroxylation sites is 2. The van der Waals surface area contributed by atoms with E-state index < -0.39 is 30.3 Å². The van der Waals surface area contributed by atoms with Gasteiger partial charge in [0.25, 0.3) is 5.91 Å². The maximum atomic E-state index is 12.4. The third kappa shape index (κ3) is 5.00. The predicted molar refractivity (Wildman–Crippen MR) is 89.7 cm³/mol. The summed E-state index contributed by atoms with van der Waals surface area (Å²) in [5.74, 6) is -0.972. The van der Waals surface area contributed by atoms with E-state index in [0.29, 0.717) is 5.39 Å². The molecule has 140 valence electrons. The fourth-order valence-corrected chi connectivity index (χ4v) is 2.25. The van der Waals surface area contributed by atoms with Crippen LogP contribution in [0.25, 0.3) is 11.0 Å². The minimum absolute atomic E-state index is 0.145. The van der Waals surface area contributed by atoms with E-state index in [2.05, 4.69) is 10.1 Å². The van der Waals surface area contributed by atoms with Crippen LogP contribution < -0.4 is 20.4 Å². The standard InChI is InChI=1S/C18H12F3NO5/c19-18(20,21)27-14-4-2-1-3-13(14)22-16(23)10-25-12-7-5-11-6-8-17(24)26-15(11)9-12/h1-9H,10H2,(H,22,23). The van der Waals surface area contributed by atoms with Crippen LogP contribution in [0.1, 0.15) is 0 Å². The van der Waals surface area contributed by atoms with Crippen molar-refractivity contribution in [2.45, 2.75) is 6.36 Å². The van der Waals surface area contributed by atoms with E-state index >= 15 is 0 Å². The summed E-state index contributed by atoms with van der Waals surface area (Å²) in [5, 5.41) is 2.96. The molecule has 6 nitrogen and oxygen atoms in total. The average Bonchev–Trinajstić information content (AvgIpc) is 2.60. The van der Waals surface area contributed by atoms with Gasteiger partial charge in [0.05, 0.1) is 5.69 Å². The lowest BCUT2D eigenvalue weighted by Crippen LogP contribution is -2.22. The van der Waals surface area contributed by atoms with Gasteiger partial charge in [-0.1, -0.05) is 12.1 Å². The Morgan fingerprint density at radius 2 is 1.81 bits per heavy atom. The number of nitrogens with one attached hydrogen (secondary N) is 1. The van der Waals surface area contributed by atoms with Crippen molar-refractivity contribution in [2.24, 2.45) is 0 Å². The number of carbonyl (C=O) groups excluding carboxylic acids is 1. The van der Waals surface area contributed by atoms with Crippen LogP contribution in [0.3, 0.4) is 0 Å². The number of hydrogen-bond donors (Lipinski definition) is 1. The van der Waals surface area contributed by atoms with Gasteiger partial charge >= 0.3 is 12.0 Å². The van der Waals surface area contributed by atoms with E-state index in [-0.39, 0.29) is 17.0 Å². The summed E-state index contributed by atoms with van der Waals surface area (Å²) < 4.78 is 51.3. The van der Waals surface area contributed by atoms with Gasteiger partial charge in [-0.25, -0.2) is 4.79 Å². The van der Waals surface area contributed by atoms with Crippen molar-refractivity contribution >= 4 is 22.6 Å². The number of hydrogen-bond acceptors (Lipinski definition) is 5. The quantitative estimate of drug-likeness (QED) is 0.684. The highest BCUT2D eigenvalue weighted by Gasteiger charge is 2.32. The van der Waals surface area contributed by atoms with Gasteiger partial charge in [0, 0.05) is 17.5 Å². The van der Waals surface area contributed by atoms with E-state index in [1.54, 1.807) is 18.2 Å². The van der Waals surface area contributed by atoms with Gasteiger partial charge in [0.1, 0.15) is 11.3 Å². The van der Waals surface area contributed by atoms with Crippen molar-refractivity contribution in [1.82, 2.24) is 0 Å². The molecule has 0 saturated carbocycles. The average molecular weight is 379 g/mol. The topological polar surface area (TPSA) is 77.8 Å². The van der Waals surface area contributed by atoms with Crippen molar-refractivity contribution < 1.29 is 31.9 Å². The number of alkyl halides is 3. The Kier molecular flexibility index (Phi) is 5.02. The molecule has 0 bridgehead atoms. The molecule has 0 atom stereocenters. The molecule has 3 rings (SSSR count). The maximum Gasteiger partial charge on any atom is 0.573 e. The Hall–Kier alpha value is -3.49. The fourth-order valence-electron chi connectivity index (χ4n) is 2.25. The first-order valence-corrected chi connectivity index (χ1v) is 7.61. The molecule has 27 heavy (non-hydrogen) atoms. The Morgan fingerprint density at radius 1 is 1.07 bits per heavy atom. The molecule has 0 unspecified atom stereocenters. The smallest absolute Gasteiger partial charge is 0.484 e. The molecular weight excluding hydrogens is 367 g/mol. The highest BCUT2D eigenvalue weighted by molar-refractivity contribution is 5.93. The number of rotatable bonds is 5. The van der Waals surface area contributed by atoms with Crippen molar-refractivity contribution in [3.05, 3.63) is 65.0 Å². The Labute approximate surface area is 150 Å². The molecule has 2 aromatic carbocycles. The number of amides is 1. The number of halogens is 3. The first kappa shape index (κ1) is 18.3. The van der Waals surface area contributed by atoms with Gasteiger partial charge in [-0.15, -0.1) is 13.2 Å². The van der Waals surface area contributed by atoms with Crippen LogP contribution in [-0.2, 0) is 4.79 Å². The number of ether oxygens (including phenoxy) is 2. The first-order valence-electron chi connectivity index (χ1n) is 7.61. The number of fused-ring (bicyclic) bond motifs is 1. The maximum absolute atomic E-state index is 12.4. The van der Waals surface area contributed by atoms with Crippen LogP contribution in [0.15, 0.2) is 63.8 Å². The summed E-state index contributed by atoms with van der Waals surface area (Å²) in [4.78, 5) is 23.2. The molecule has 1 aromatic heterocycles. The number of anilines is 1. The summed E-state index contributed by atoms with van der Waals surface area (Å²) in [6.07, 6.45) is -4.88. The van der Waals surface area contributed by atoms with Crippen molar-refractivity contribution in [1.29, 1.82) is 0 Å². The molecule has 0 aliphatic rings. The molecule has 0 fully saturated rings. The van der Waals surface area contributed by atoms with Crippen LogP contribution in [0.2, 0.25) is 0 Å². The van der Waals surface area contributed by atoms with Gasteiger partial charge in [-0.3, -0.25) is 4.79 Å². The van der Waals surface area contributed by atoms with Gasteiger partial charge in [0.15, 0.2) is 12.4 Å². The van der Waals surface area contributed by atoms with Crippen LogP contribution in [0, 0.1) is 0 Å². The minimum Gasteiger partial charge on any atom is -0.484 e.